The summed E-state index contributed by atoms with van der Waals surface area (Å²) in [6, 6.07) is 5.02. The van der Waals surface area contributed by atoms with Gasteiger partial charge in [-0.25, -0.2) is 13.5 Å². The van der Waals surface area contributed by atoms with E-state index in [2.05, 4.69) is 9.62 Å². The summed E-state index contributed by atoms with van der Waals surface area (Å²) in [5.74, 6) is -0.218. The van der Waals surface area contributed by atoms with Crippen LogP contribution in [0.15, 0.2) is 18.2 Å². The van der Waals surface area contributed by atoms with Gasteiger partial charge in [0.15, 0.2) is 5.82 Å². The summed E-state index contributed by atoms with van der Waals surface area (Å²) in [6.07, 6.45) is 1.73. The summed E-state index contributed by atoms with van der Waals surface area (Å²) in [5, 5.41) is 2.73. The highest BCUT2D eigenvalue weighted by molar-refractivity contribution is 7.96. The van der Waals surface area contributed by atoms with E-state index in [0.717, 1.165) is 0 Å². The molecule has 32 heavy (non-hydrogen) atoms. The fourth-order valence-corrected chi connectivity index (χ4v) is 4.68. The zero-order chi connectivity index (χ0) is 23.3. The normalized spacial score (nSPS) is 18.5. The predicted octanol–water partition coefficient (Wildman–Crippen LogP) is 4.22. The van der Waals surface area contributed by atoms with Crippen molar-refractivity contribution in [2.75, 3.05) is 31.5 Å². The predicted molar refractivity (Wildman–Crippen MR) is 123 cm³/mol. The first kappa shape index (κ1) is 24.5. The van der Waals surface area contributed by atoms with E-state index < -0.39 is 11.4 Å². The Kier molecular flexibility index (Phi) is 8.16. The van der Waals surface area contributed by atoms with Crippen molar-refractivity contribution in [3.63, 3.8) is 0 Å². The first-order valence-electron chi connectivity index (χ1n) is 11.1. The van der Waals surface area contributed by atoms with Gasteiger partial charge in [0.1, 0.15) is 11.4 Å². The van der Waals surface area contributed by atoms with Gasteiger partial charge in [0.2, 0.25) is 5.91 Å². The minimum atomic E-state index is -0.558. The van der Waals surface area contributed by atoms with Crippen molar-refractivity contribution in [2.45, 2.75) is 57.8 Å². The number of benzene rings is 1. The number of likely N-dealkylation sites (tertiary alicyclic amines) is 1. The third-order valence-corrected chi connectivity index (χ3v) is 6.71. The zero-order valence-corrected chi connectivity index (χ0v) is 19.8. The van der Waals surface area contributed by atoms with Crippen molar-refractivity contribution < 1.29 is 23.5 Å². The van der Waals surface area contributed by atoms with Crippen LogP contribution in [-0.4, -0.2) is 58.8 Å². The summed E-state index contributed by atoms with van der Waals surface area (Å²) >= 11 is 1.51. The zero-order valence-electron chi connectivity index (χ0n) is 19.0. The molecule has 2 saturated heterocycles. The minimum absolute atomic E-state index is 0.177. The number of nitrogens with zero attached hydrogens (tertiary/aromatic N) is 2. The summed E-state index contributed by atoms with van der Waals surface area (Å²) in [7, 11) is 0. The number of ketones is 1. The summed E-state index contributed by atoms with van der Waals surface area (Å²) in [4.78, 5) is 37.9. The van der Waals surface area contributed by atoms with E-state index in [-0.39, 0.29) is 29.4 Å². The molecule has 1 N–H and O–H groups in total. The molecule has 0 bridgehead atoms. The third-order valence-electron chi connectivity index (χ3n) is 5.54. The number of hydrogen-bond donors (Lipinski definition) is 1. The molecule has 0 atom stereocenters. The van der Waals surface area contributed by atoms with Crippen LogP contribution in [0, 0.1) is 11.7 Å². The van der Waals surface area contributed by atoms with Gasteiger partial charge in [0, 0.05) is 56.3 Å². The topological polar surface area (TPSA) is 79.0 Å². The Hall–Kier alpha value is -2.13. The highest BCUT2D eigenvalue weighted by Gasteiger charge is 2.30. The van der Waals surface area contributed by atoms with E-state index in [0.29, 0.717) is 63.2 Å². The average molecular weight is 466 g/mol. The lowest BCUT2D eigenvalue weighted by Gasteiger charge is -2.33. The second-order valence-corrected chi connectivity index (χ2v) is 10.3. The Morgan fingerprint density at radius 2 is 1.81 bits per heavy atom. The molecule has 2 fully saturated rings. The van der Waals surface area contributed by atoms with Gasteiger partial charge < -0.3 is 15.0 Å². The number of nitrogens with one attached hydrogen (secondary N) is 1. The van der Waals surface area contributed by atoms with Gasteiger partial charge in [0.25, 0.3) is 0 Å². The molecular formula is C23H32FN3O4S. The van der Waals surface area contributed by atoms with Gasteiger partial charge in [-0.15, -0.1) is 0 Å². The number of ether oxygens (including phenoxy) is 1. The molecule has 1 aromatic carbocycles. The first-order valence-corrected chi connectivity index (χ1v) is 12.0. The monoisotopic (exact) mass is 465 g/mol. The second kappa shape index (κ2) is 10.7. The molecule has 2 heterocycles. The van der Waals surface area contributed by atoms with Crippen molar-refractivity contribution in [1.82, 2.24) is 9.21 Å². The number of carbonyl (C=O) groups is 3. The van der Waals surface area contributed by atoms with E-state index >= 15 is 0 Å². The molecule has 0 unspecified atom stereocenters. The molecule has 0 aliphatic carbocycles. The lowest BCUT2D eigenvalue weighted by atomic mass is 9.96. The molecule has 2 aliphatic rings. The Bertz CT molecular complexity index is 840. The molecule has 176 valence electrons. The molecule has 1 aromatic rings. The third kappa shape index (κ3) is 6.93. The molecule has 0 spiro atoms. The van der Waals surface area contributed by atoms with E-state index in [4.69, 9.17) is 4.74 Å². The van der Waals surface area contributed by atoms with Crippen molar-refractivity contribution in [1.29, 1.82) is 0 Å². The molecule has 0 aromatic heterocycles. The molecular weight excluding hydrogens is 433 g/mol. The van der Waals surface area contributed by atoms with Crippen LogP contribution < -0.4 is 5.32 Å². The van der Waals surface area contributed by atoms with Crippen LogP contribution in [0.4, 0.5) is 14.9 Å². The van der Waals surface area contributed by atoms with Gasteiger partial charge in [-0.3, -0.25) is 9.59 Å². The number of rotatable bonds is 5. The summed E-state index contributed by atoms with van der Waals surface area (Å²) < 4.78 is 22.4. The highest BCUT2D eigenvalue weighted by Crippen LogP contribution is 2.27. The van der Waals surface area contributed by atoms with Crippen LogP contribution in [0.1, 0.15) is 52.0 Å². The Morgan fingerprint density at radius 3 is 2.44 bits per heavy atom. The fraction of sp³-hybridized carbons (Fsp3) is 0.609. The number of Topliss-reactive ketones (excluding diaryl/α,β-unsaturated/α-hetero) is 1. The van der Waals surface area contributed by atoms with Crippen molar-refractivity contribution in [2.24, 2.45) is 5.92 Å². The number of hydrogen-bond acceptors (Lipinski definition) is 6. The fourth-order valence-electron chi connectivity index (χ4n) is 3.70. The van der Waals surface area contributed by atoms with E-state index in [1.165, 1.54) is 11.9 Å². The standard InChI is InChI=1S/C23H32FN3O4S/c1-23(2,3)31-22(30)26-11-7-16(8-12-26)21(29)25-19-6-4-5-17(20(19)24)15-32-27-13-9-18(28)10-14-27/h4-6,16H,7-15H2,1-3H3,(H,25,29). The van der Waals surface area contributed by atoms with Crippen LogP contribution in [-0.2, 0) is 20.1 Å². The smallest absolute Gasteiger partial charge is 0.410 e. The molecule has 0 saturated carbocycles. The summed E-state index contributed by atoms with van der Waals surface area (Å²) in [6.45, 7) is 7.70. The highest BCUT2D eigenvalue weighted by atomic mass is 32.2. The van der Waals surface area contributed by atoms with Crippen LogP contribution in [0.2, 0.25) is 0 Å². The lowest BCUT2D eigenvalue weighted by Crippen LogP contribution is -2.43. The second-order valence-electron chi connectivity index (χ2n) is 9.25. The van der Waals surface area contributed by atoms with Crippen LogP contribution >= 0.6 is 11.9 Å². The molecule has 9 heteroatoms. The number of anilines is 1. The molecule has 0 radical (unpaired) electrons. The Morgan fingerprint density at radius 1 is 1.16 bits per heavy atom. The minimum Gasteiger partial charge on any atom is -0.444 e. The Labute approximate surface area is 193 Å². The molecule has 2 aliphatic heterocycles. The van der Waals surface area contributed by atoms with E-state index in [1.54, 1.807) is 23.1 Å². The maximum atomic E-state index is 15.0. The first-order chi connectivity index (χ1) is 15.1. The molecule has 7 nitrogen and oxygen atoms in total. The Balaban J connectivity index is 1.50. The number of piperidine rings is 2. The van der Waals surface area contributed by atoms with Crippen LogP contribution in [0.25, 0.3) is 0 Å². The lowest BCUT2D eigenvalue weighted by molar-refractivity contribution is -0.121. The summed E-state index contributed by atoms with van der Waals surface area (Å²) in [5.41, 5.74) is 0.137. The van der Waals surface area contributed by atoms with Crippen molar-refractivity contribution in [3.05, 3.63) is 29.6 Å². The average Bonchev–Trinajstić information content (AvgIpc) is 2.74. The maximum Gasteiger partial charge on any atom is 0.410 e. The van der Waals surface area contributed by atoms with Gasteiger partial charge in [-0.1, -0.05) is 24.1 Å². The molecule has 3 rings (SSSR count). The number of carbonyl (C=O) groups excluding carboxylic acids is 3. The van der Waals surface area contributed by atoms with Gasteiger partial charge in [-0.05, 0) is 39.7 Å². The maximum absolute atomic E-state index is 15.0. The molecule has 2 amide bonds. The SMILES string of the molecule is CC(C)(C)OC(=O)N1CCC(C(=O)Nc2cccc(CSN3CCC(=O)CC3)c2F)CC1. The van der Waals surface area contributed by atoms with E-state index in [9.17, 15) is 18.8 Å². The van der Waals surface area contributed by atoms with Gasteiger partial charge in [-0.2, -0.15) is 0 Å². The van der Waals surface area contributed by atoms with Crippen LogP contribution in [0.3, 0.4) is 0 Å². The largest absolute Gasteiger partial charge is 0.444 e. The quantitative estimate of drug-likeness (QED) is 0.656. The van der Waals surface area contributed by atoms with Gasteiger partial charge >= 0.3 is 6.09 Å². The van der Waals surface area contributed by atoms with Crippen molar-refractivity contribution >= 4 is 35.4 Å². The van der Waals surface area contributed by atoms with E-state index in [1.807, 2.05) is 20.8 Å². The number of amides is 2. The van der Waals surface area contributed by atoms with Gasteiger partial charge in [0.05, 0.1) is 5.69 Å². The van der Waals surface area contributed by atoms with Crippen LogP contribution in [0.5, 0.6) is 0 Å². The van der Waals surface area contributed by atoms with Crippen molar-refractivity contribution in [3.8, 4) is 0 Å². The number of halogens is 1.